The summed E-state index contributed by atoms with van der Waals surface area (Å²) in [5, 5.41) is 2.87. The van der Waals surface area contributed by atoms with E-state index in [0.717, 1.165) is 4.88 Å². The molecule has 13 heavy (non-hydrogen) atoms. The fourth-order valence-electron chi connectivity index (χ4n) is 0.923. The van der Waals surface area contributed by atoms with Gasteiger partial charge in [0.1, 0.15) is 5.69 Å². The molecular weight excluding hydrogens is 184 g/mol. The minimum Gasteiger partial charge on any atom is -0.346 e. The first-order valence-corrected chi connectivity index (χ1v) is 5.01. The Bertz CT molecular complexity index is 312. The normalized spacial score (nSPS) is 11.4. The highest BCUT2D eigenvalue weighted by atomic mass is 32.1. The zero-order chi connectivity index (χ0) is 10.1. The van der Waals surface area contributed by atoms with Gasteiger partial charge in [0.2, 0.25) is 0 Å². The van der Waals surface area contributed by atoms with Crippen molar-refractivity contribution in [2.45, 2.75) is 33.2 Å². The number of nitrogens with one attached hydrogen (secondary N) is 1. The predicted octanol–water partition coefficient (Wildman–Crippen LogP) is 1.98. The maximum Gasteiger partial charge on any atom is 0.271 e. The SMILES string of the molecule is Cc1scnc1C(=O)NC(C)(C)C. The molecule has 0 aromatic carbocycles. The number of carbonyl (C=O) groups excluding carboxylic acids is 1. The second kappa shape index (κ2) is 3.46. The quantitative estimate of drug-likeness (QED) is 0.749. The third-order valence-corrected chi connectivity index (χ3v) is 2.21. The fourth-order valence-corrected chi connectivity index (χ4v) is 1.50. The summed E-state index contributed by atoms with van der Waals surface area (Å²) in [6.07, 6.45) is 0. The van der Waals surface area contributed by atoms with Gasteiger partial charge in [0.15, 0.2) is 0 Å². The fraction of sp³-hybridized carbons (Fsp3) is 0.556. The van der Waals surface area contributed by atoms with Crippen LogP contribution in [0, 0.1) is 6.92 Å². The van der Waals surface area contributed by atoms with Crippen molar-refractivity contribution in [2.24, 2.45) is 0 Å². The Balaban J connectivity index is 2.76. The summed E-state index contributed by atoms with van der Waals surface area (Å²) in [5.41, 5.74) is 2.03. The molecule has 0 spiro atoms. The number of aryl methyl sites for hydroxylation is 1. The Morgan fingerprint density at radius 1 is 1.54 bits per heavy atom. The van der Waals surface area contributed by atoms with E-state index in [0.29, 0.717) is 5.69 Å². The smallest absolute Gasteiger partial charge is 0.271 e. The molecule has 1 amide bonds. The van der Waals surface area contributed by atoms with Crippen molar-refractivity contribution < 1.29 is 4.79 Å². The third-order valence-electron chi connectivity index (χ3n) is 1.45. The van der Waals surface area contributed by atoms with Crippen LogP contribution in [0.3, 0.4) is 0 Å². The number of hydrogen-bond acceptors (Lipinski definition) is 3. The van der Waals surface area contributed by atoms with Crippen LogP contribution >= 0.6 is 11.3 Å². The van der Waals surface area contributed by atoms with E-state index in [9.17, 15) is 4.79 Å². The van der Waals surface area contributed by atoms with Gasteiger partial charge in [0.25, 0.3) is 5.91 Å². The lowest BCUT2D eigenvalue weighted by atomic mass is 10.1. The van der Waals surface area contributed by atoms with Gasteiger partial charge in [-0.1, -0.05) is 0 Å². The summed E-state index contributed by atoms with van der Waals surface area (Å²) >= 11 is 1.49. The van der Waals surface area contributed by atoms with Gasteiger partial charge in [-0.05, 0) is 27.7 Å². The van der Waals surface area contributed by atoms with Crippen LogP contribution in [0.15, 0.2) is 5.51 Å². The lowest BCUT2D eigenvalue weighted by molar-refractivity contribution is 0.0914. The van der Waals surface area contributed by atoms with Crippen LogP contribution < -0.4 is 5.32 Å². The van der Waals surface area contributed by atoms with Gasteiger partial charge in [0.05, 0.1) is 5.51 Å². The Hall–Kier alpha value is -0.900. The molecule has 1 aromatic heterocycles. The molecule has 1 rings (SSSR count). The molecule has 3 nitrogen and oxygen atoms in total. The molecule has 4 heteroatoms. The zero-order valence-electron chi connectivity index (χ0n) is 8.34. The average Bonchev–Trinajstić information content (AvgIpc) is 2.30. The number of rotatable bonds is 1. The molecule has 0 fully saturated rings. The van der Waals surface area contributed by atoms with Crippen LogP contribution in [0.5, 0.6) is 0 Å². The molecular formula is C9H14N2OS. The first-order chi connectivity index (χ1) is 5.90. The first-order valence-electron chi connectivity index (χ1n) is 4.13. The van der Waals surface area contributed by atoms with Crippen LogP contribution in [0.2, 0.25) is 0 Å². The van der Waals surface area contributed by atoms with E-state index in [-0.39, 0.29) is 11.4 Å². The molecule has 72 valence electrons. The Morgan fingerprint density at radius 2 is 2.15 bits per heavy atom. The molecule has 0 saturated carbocycles. The minimum atomic E-state index is -0.201. The number of aromatic nitrogens is 1. The van der Waals surface area contributed by atoms with E-state index in [1.54, 1.807) is 5.51 Å². The van der Waals surface area contributed by atoms with E-state index < -0.39 is 0 Å². The number of carbonyl (C=O) groups is 1. The van der Waals surface area contributed by atoms with Gasteiger partial charge in [0, 0.05) is 10.4 Å². The zero-order valence-corrected chi connectivity index (χ0v) is 9.16. The average molecular weight is 198 g/mol. The maximum atomic E-state index is 11.6. The topological polar surface area (TPSA) is 42.0 Å². The van der Waals surface area contributed by atoms with Gasteiger partial charge in [-0.15, -0.1) is 11.3 Å². The molecule has 1 heterocycles. The lowest BCUT2D eigenvalue weighted by Gasteiger charge is -2.19. The largest absolute Gasteiger partial charge is 0.346 e. The standard InChI is InChI=1S/C9H14N2OS/c1-6-7(10-5-13-6)8(12)11-9(2,3)4/h5H,1-4H3,(H,11,12). The van der Waals surface area contributed by atoms with Crippen molar-refractivity contribution >= 4 is 17.2 Å². The van der Waals surface area contributed by atoms with Gasteiger partial charge in [-0.25, -0.2) is 4.98 Å². The van der Waals surface area contributed by atoms with Crippen LogP contribution in [-0.4, -0.2) is 16.4 Å². The van der Waals surface area contributed by atoms with Crippen molar-refractivity contribution in [3.63, 3.8) is 0 Å². The molecule has 0 radical (unpaired) electrons. The highest BCUT2D eigenvalue weighted by molar-refractivity contribution is 7.09. The highest BCUT2D eigenvalue weighted by Gasteiger charge is 2.18. The number of thiazole rings is 1. The van der Waals surface area contributed by atoms with Crippen LogP contribution in [0.1, 0.15) is 36.1 Å². The van der Waals surface area contributed by atoms with E-state index in [4.69, 9.17) is 0 Å². The molecule has 1 aromatic rings. The molecule has 0 aliphatic rings. The van der Waals surface area contributed by atoms with Crippen LogP contribution in [-0.2, 0) is 0 Å². The second-order valence-corrected chi connectivity index (χ2v) is 5.02. The van der Waals surface area contributed by atoms with Gasteiger partial charge in [-0.2, -0.15) is 0 Å². The van der Waals surface area contributed by atoms with Gasteiger partial charge >= 0.3 is 0 Å². The van der Waals surface area contributed by atoms with Gasteiger partial charge < -0.3 is 5.32 Å². The molecule has 0 atom stereocenters. The summed E-state index contributed by atoms with van der Waals surface area (Å²) < 4.78 is 0. The molecule has 0 aliphatic carbocycles. The third kappa shape index (κ3) is 2.81. The Labute approximate surface area is 82.2 Å². The summed E-state index contributed by atoms with van der Waals surface area (Å²) in [5.74, 6) is -0.0914. The predicted molar refractivity (Wildman–Crippen MR) is 54.1 cm³/mol. The van der Waals surface area contributed by atoms with Crippen molar-refractivity contribution in [2.75, 3.05) is 0 Å². The maximum absolute atomic E-state index is 11.6. The first kappa shape index (κ1) is 10.2. The van der Waals surface area contributed by atoms with E-state index >= 15 is 0 Å². The van der Waals surface area contributed by atoms with E-state index in [2.05, 4.69) is 10.3 Å². The Morgan fingerprint density at radius 3 is 2.54 bits per heavy atom. The van der Waals surface area contributed by atoms with Crippen LogP contribution in [0.25, 0.3) is 0 Å². The van der Waals surface area contributed by atoms with E-state index in [1.165, 1.54) is 11.3 Å². The molecule has 1 N–H and O–H groups in total. The Kier molecular flexibility index (Phi) is 2.71. The monoisotopic (exact) mass is 198 g/mol. The van der Waals surface area contributed by atoms with Crippen molar-refractivity contribution in [3.05, 3.63) is 16.1 Å². The minimum absolute atomic E-state index is 0.0914. The summed E-state index contributed by atoms with van der Waals surface area (Å²) in [6.45, 7) is 7.75. The van der Waals surface area contributed by atoms with Crippen molar-refractivity contribution in [1.82, 2.24) is 10.3 Å². The summed E-state index contributed by atoms with van der Waals surface area (Å²) in [4.78, 5) is 16.5. The molecule has 0 aliphatic heterocycles. The molecule has 0 saturated heterocycles. The summed E-state index contributed by atoms with van der Waals surface area (Å²) in [7, 11) is 0. The van der Waals surface area contributed by atoms with Crippen molar-refractivity contribution in [3.8, 4) is 0 Å². The highest BCUT2D eigenvalue weighted by Crippen LogP contribution is 2.12. The van der Waals surface area contributed by atoms with Gasteiger partial charge in [-0.3, -0.25) is 4.79 Å². The molecule has 0 unspecified atom stereocenters. The number of amides is 1. The molecule has 0 bridgehead atoms. The van der Waals surface area contributed by atoms with E-state index in [1.807, 2.05) is 27.7 Å². The van der Waals surface area contributed by atoms with Crippen LogP contribution in [0.4, 0.5) is 0 Å². The van der Waals surface area contributed by atoms with Crippen molar-refractivity contribution in [1.29, 1.82) is 0 Å². The summed E-state index contributed by atoms with van der Waals surface area (Å²) in [6, 6.07) is 0. The number of nitrogens with zero attached hydrogens (tertiary/aromatic N) is 1. The lowest BCUT2D eigenvalue weighted by Crippen LogP contribution is -2.40. The second-order valence-electron chi connectivity index (χ2n) is 3.96. The number of hydrogen-bond donors (Lipinski definition) is 1.